The molecule has 6 nitrogen and oxygen atoms in total. The minimum Gasteiger partial charge on any atom is -0.466 e. The molecular formula is C13H19N3O3. The summed E-state index contributed by atoms with van der Waals surface area (Å²) < 4.78 is 15.6. The second-order valence-corrected chi connectivity index (χ2v) is 4.51. The Morgan fingerprint density at radius 3 is 2.84 bits per heavy atom. The summed E-state index contributed by atoms with van der Waals surface area (Å²) >= 11 is 0. The molecule has 0 aliphatic rings. The molecule has 0 radical (unpaired) electrons. The van der Waals surface area contributed by atoms with E-state index in [0.29, 0.717) is 24.9 Å². The zero-order chi connectivity index (χ0) is 13.8. The predicted molar refractivity (Wildman–Crippen MR) is 68.4 cm³/mol. The van der Waals surface area contributed by atoms with Crippen molar-refractivity contribution in [2.24, 2.45) is 0 Å². The van der Waals surface area contributed by atoms with Crippen LogP contribution in [0.25, 0.3) is 0 Å². The number of rotatable bonds is 6. The Labute approximate surface area is 112 Å². The SMILES string of the molecule is COCc1noc(CN[C@@H](C)c2cc(C)oc2C)n1. The number of nitrogens with zero attached hydrogens (tertiary/aromatic N) is 2. The number of methoxy groups -OCH3 is 1. The molecule has 0 aromatic carbocycles. The lowest BCUT2D eigenvalue weighted by molar-refractivity contribution is 0.174. The van der Waals surface area contributed by atoms with Crippen molar-refractivity contribution in [3.8, 4) is 0 Å². The lowest BCUT2D eigenvalue weighted by Gasteiger charge is -2.10. The fourth-order valence-electron chi connectivity index (χ4n) is 1.98. The summed E-state index contributed by atoms with van der Waals surface area (Å²) in [5, 5.41) is 7.14. The number of hydrogen-bond acceptors (Lipinski definition) is 6. The predicted octanol–water partition coefficient (Wildman–Crippen LogP) is 2.28. The Kier molecular flexibility index (Phi) is 4.34. The van der Waals surface area contributed by atoms with Crippen LogP contribution in [0.1, 0.15) is 41.8 Å². The average Bonchev–Trinajstić information content (AvgIpc) is 2.93. The molecule has 2 aromatic heterocycles. The quantitative estimate of drug-likeness (QED) is 0.863. The molecule has 2 rings (SSSR count). The van der Waals surface area contributed by atoms with E-state index < -0.39 is 0 Å². The number of furan rings is 1. The maximum absolute atomic E-state index is 5.52. The summed E-state index contributed by atoms with van der Waals surface area (Å²) in [6.45, 7) is 6.85. The van der Waals surface area contributed by atoms with Gasteiger partial charge in [-0.25, -0.2) is 0 Å². The fourth-order valence-corrected chi connectivity index (χ4v) is 1.98. The van der Waals surface area contributed by atoms with Crippen LogP contribution in [0, 0.1) is 13.8 Å². The normalized spacial score (nSPS) is 12.8. The summed E-state index contributed by atoms with van der Waals surface area (Å²) in [6, 6.07) is 2.20. The van der Waals surface area contributed by atoms with E-state index in [1.54, 1.807) is 7.11 Å². The van der Waals surface area contributed by atoms with Gasteiger partial charge in [0.1, 0.15) is 18.1 Å². The topological polar surface area (TPSA) is 73.3 Å². The standard InChI is InChI=1S/C13H19N3O3/c1-8-5-11(10(3)18-8)9(2)14-6-13-15-12(7-17-4)16-19-13/h5,9,14H,6-7H2,1-4H3/t9-/m0/s1. The van der Waals surface area contributed by atoms with E-state index >= 15 is 0 Å². The molecule has 0 aliphatic carbocycles. The van der Waals surface area contributed by atoms with Crippen molar-refractivity contribution < 1.29 is 13.7 Å². The minimum absolute atomic E-state index is 0.162. The van der Waals surface area contributed by atoms with Crippen molar-refractivity contribution in [2.45, 2.75) is 40.0 Å². The van der Waals surface area contributed by atoms with Crippen LogP contribution in [0.5, 0.6) is 0 Å². The second-order valence-electron chi connectivity index (χ2n) is 4.51. The molecule has 0 saturated heterocycles. The van der Waals surface area contributed by atoms with E-state index in [-0.39, 0.29) is 6.04 Å². The van der Waals surface area contributed by atoms with Crippen LogP contribution >= 0.6 is 0 Å². The van der Waals surface area contributed by atoms with Crippen molar-refractivity contribution in [1.29, 1.82) is 0 Å². The molecule has 0 bridgehead atoms. The van der Waals surface area contributed by atoms with Gasteiger partial charge < -0.3 is 19.0 Å². The summed E-state index contributed by atoms with van der Waals surface area (Å²) in [5.41, 5.74) is 1.15. The van der Waals surface area contributed by atoms with Crippen LogP contribution in [0.4, 0.5) is 0 Å². The molecule has 1 N–H and O–H groups in total. The second kappa shape index (κ2) is 5.99. The first-order chi connectivity index (χ1) is 9.10. The molecule has 2 heterocycles. The van der Waals surface area contributed by atoms with Gasteiger partial charge in [0.05, 0.1) is 6.54 Å². The third-order valence-electron chi connectivity index (χ3n) is 2.89. The Morgan fingerprint density at radius 2 is 2.21 bits per heavy atom. The van der Waals surface area contributed by atoms with Crippen molar-refractivity contribution in [3.63, 3.8) is 0 Å². The maximum Gasteiger partial charge on any atom is 0.240 e. The highest BCUT2D eigenvalue weighted by molar-refractivity contribution is 5.23. The highest BCUT2D eigenvalue weighted by atomic mass is 16.5. The Bertz CT molecular complexity index is 533. The molecule has 0 saturated carbocycles. The molecule has 1 atom stereocenters. The molecule has 6 heteroatoms. The van der Waals surface area contributed by atoms with Crippen molar-refractivity contribution >= 4 is 0 Å². The highest BCUT2D eigenvalue weighted by Gasteiger charge is 2.13. The van der Waals surface area contributed by atoms with E-state index in [4.69, 9.17) is 13.7 Å². The van der Waals surface area contributed by atoms with Gasteiger partial charge in [-0.05, 0) is 26.8 Å². The molecule has 0 spiro atoms. The van der Waals surface area contributed by atoms with Gasteiger partial charge in [-0.2, -0.15) is 4.98 Å². The molecule has 0 unspecified atom stereocenters. The van der Waals surface area contributed by atoms with Gasteiger partial charge in [0, 0.05) is 18.7 Å². The largest absolute Gasteiger partial charge is 0.466 e. The third kappa shape index (κ3) is 3.42. The highest BCUT2D eigenvalue weighted by Crippen LogP contribution is 2.21. The Balaban J connectivity index is 1.92. The number of nitrogens with one attached hydrogen (secondary N) is 1. The Hall–Kier alpha value is -1.66. The molecule has 0 fully saturated rings. The Morgan fingerprint density at radius 1 is 1.42 bits per heavy atom. The van der Waals surface area contributed by atoms with Crippen LogP contribution in [0.2, 0.25) is 0 Å². The van der Waals surface area contributed by atoms with Crippen LogP contribution in [-0.4, -0.2) is 17.3 Å². The zero-order valence-electron chi connectivity index (χ0n) is 11.7. The average molecular weight is 265 g/mol. The van der Waals surface area contributed by atoms with Crippen LogP contribution in [0.15, 0.2) is 15.0 Å². The summed E-state index contributed by atoms with van der Waals surface area (Å²) in [4.78, 5) is 4.20. The van der Waals surface area contributed by atoms with Gasteiger partial charge in [0.15, 0.2) is 5.82 Å². The zero-order valence-corrected chi connectivity index (χ0v) is 11.7. The van der Waals surface area contributed by atoms with E-state index in [0.717, 1.165) is 17.1 Å². The lowest BCUT2D eigenvalue weighted by atomic mass is 10.1. The van der Waals surface area contributed by atoms with Gasteiger partial charge in [0.25, 0.3) is 0 Å². The van der Waals surface area contributed by atoms with E-state index in [2.05, 4.69) is 22.4 Å². The van der Waals surface area contributed by atoms with E-state index in [1.165, 1.54) is 0 Å². The third-order valence-corrected chi connectivity index (χ3v) is 2.89. The lowest BCUT2D eigenvalue weighted by Crippen LogP contribution is -2.18. The first-order valence-corrected chi connectivity index (χ1v) is 6.21. The van der Waals surface area contributed by atoms with Gasteiger partial charge in [-0.1, -0.05) is 5.16 Å². The summed E-state index contributed by atoms with van der Waals surface area (Å²) in [5.74, 6) is 2.96. The van der Waals surface area contributed by atoms with Crippen LogP contribution in [0.3, 0.4) is 0 Å². The molecule has 0 aliphatic heterocycles. The number of aryl methyl sites for hydroxylation is 2. The minimum atomic E-state index is 0.162. The van der Waals surface area contributed by atoms with Gasteiger partial charge in [-0.15, -0.1) is 0 Å². The molecule has 104 valence electrons. The first kappa shape index (κ1) is 13.8. The molecule has 2 aromatic rings. The smallest absolute Gasteiger partial charge is 0.240 e. The number of hydrogen-bond donors (Lipinski definition) is 1. The molecule has 19 heavy (non-hydrogen) atoms. The van der Waals surface area contributed by atoms with Crippen molar-refractivity contribution in [3.05, 3.63) is 34.9 Å². The van der Waals surface area contributed by atoms with Gasteiger partial charge >= 0.3 is 0 Å². The van der Waals surface area contributed by atoms with Crippen molar-refractivity contribution in [1.82, 2.24) is 15.5 Å². The molecule has 0 amide bonds. The summed E-state index contributed by atoms with van der Waals surface area (Å²) in [7, 11) is 1.60. The first-order valence-electron chi connectivity index (χ1n) is 6.21. The van der Waals surface area contributed by atoms with Gasteiger partial charge in [0.2, 0.25) is 5.89 Å². The van der Waals surface area contributed by atoms with Crippen molar-refractivity contribution in [2.75, 3.05) is 7.11 Å². The van der Waals surface area contributed by atoms with Gasteiger partial charge in [-0.3, -0.25) is 0 Å². The van der Waals surface area contributed by atoms with Crippen LogP contribution in [-0.2, 0) is 17.9 Å². The van der Waals surface area contributed by atoms with E-state index in [1.807, 2.05) is 19.9 Å². The summed E-state index contributed by atoms with van der Waals surface area (Å²) in [6.07, 6.45) is 0. The maximum atomic E-state index is 5.52. The number of aromatic nitrogens is 2. The van der Waals surface area contributed by atoms with E-state index in [9.17, 15) is 0 Å². The fraction of sp³-hybridized carbons (Fsp3) is 0.538. The van der Waals surface area contributed by atoms with Crippen LogP contribution < -0.4 is 5.32 Å². The molecular weight excluding hydrogens is 246 g/mol. The monoisotopic (exact) mass is 265 g/mol. The number of ether oxygens (including phenoxy) is 1.